The second kappa shape index (κ2) is 10.7. The van der Waals surface area contributed by atoms with Crippen LogP contribution in [-0.4, -0.2) is 30.3 Å². The maximum Gasteiger partial charge on any atom is 0.328 e. The van der Waals surface area contributed by atoms with Crippen LogP contribution in [0.2, 0.25) is 0 Å². The highest BCUT2D eigenvalue weighted by atomic mass is 16.5. The molecule has 0 spiro atoms. The van der Waals surface area contributed by atoms with Gasteiger partial charge in [-0.25, -0.2) is 4.79 Å². The fourth-order valence-electron chi connectivity index (χ4n) is 4.75. The van der Waals surface area contributed by atoms with Gasteiger partial charge in [-0.3, -0.25) is 9.59 Å². The fraction of sp³-hybridized carbons (Fsp3) is 0.300. The van der Waals surface area contributed by atoms with E-state index in [0.717, 1.165) is 11.1 Å². The molecule has 3 aromatic rings. The summed E-state index contributed by atoms with van der Waals surface area (Å²) >= 11 is 0. The predicted molar refractivity (Wildman–Crippen MR) is 135 cm³/mol. The molecule has 35 heavy (non-hydrogen) atoms. The molecule has 0 saturated heterocycles. The van der Waals surface area contributed by atoms with Gasteiger partial charge in [0.05, 0.1) is 6.61 Å². The molecule has 3 aromatic carbocycles. The van der Waals surface area contributed by atoms with E-state index in [0.29, 0.717) is 11.1 Å². The summed E-state index contributed by atoms with van der Waals surface area (Å²) in [6.45, 7) is 5.69. The quantitative estimate of drug-likeness (QED) is 0.337. The zero-order chi connectivity index (χ0) is 24.9. The number of carbonyl (C=O) groups excluding carboxylic acids is 3. The maximum absolute atomic E-state index is 13.5. The predicted octanol–water partition coefficient (Wildman–Crippen LogP) is 5.38. The summed E-state index contributed by atoms with van der Waals surface area (Å²) < 4.78 is 5.08. The third-order valence-corrected chi connectivity index (χ3v) is 6.62. The van der Waals surface area contributed by atoms with Crippen molar-refractivity contribution in [1.29, 1.82) is 0 Å². The molecular weight excluding hydrogens is 438 g/mol. The lowest BCUT2D eigenvalue weighted by Gasteiger charge is -2.20. The Morgan fingerprint density at radius 1 is 0.771 bits per heavy atom. The van der Waals surface area contributed by atoms with Gasteiger partial charge in [0.25, 0.3) is 5.91 Å². The first kappa shape index (κ1) is 24.4. The number of ketones is 1. The second-order valence-corrected chi connectivity index (χ2v) is 9.29. The molecule has 0 unspecified atom stereocenters. The number of amides is 1. The third kappa shape index (κ3) is 5.35. The van der Waals surface area contributed by atoms with Crippen molar-refractivity contribution in [2.45, 2.75) is 38.6 Å². The molecule has 180 valence electrons. The summed E-state index contributed by atoms with van der Waals surface area (Å²) in [7, 11) is 0. The first-order valence-electron chi connectivity index (χ1n) is 12.1. The molecule has 0 bridgehead atoms. The van der Waals surface area contributed by atoms with E-state index in [9.17, 15) is 14.4 Å². The Labute approximate surface area is 206 Å². The van der Waals surface area contributed by atoms with Crippen LogP contribution in [0.3, 0.4) is 0 Å². The summed E-state index contributed by atoms with van der Waals surface area (Å²) in [4.78, 5) is 38.5. The van der Waals surface area contributed by atoms with Crippen LogP contribution < -0.4 is 5.32 Å². The van der Waals surface area contributed by atoms with Crippen LogP contribution in [0.5, 0.6) is 0 Å². The number of ether oxygens (including phenoxy) is 1. The van der Waals surface area contributed by atoms with E-state index in [1.54, 1.807) is 31.2 Å². The van der Waals surface area contributed by atoms with Crippen LogP contribution in [0.15, 0.2) is 84.9 Å². The van der Waals surface area contributed by atoms with Crippen LogP contribution in [0, 0.1) is 11.8 Å². The average molecular weight is 470 g/mol. The Balaban J connectivity index is 1.51. The third-order valence-electron chi connectivity index (χ3n) is 6.62. The van der Waals surface area contributed by atoms with Gasteiger partial charge in [-0.1, -0.05) is 86.6 Å². The van der Waals surface area contributed by atoms with E-state index in [1.165, 1.54) is 0 Å². The molecule has 5 nitrogen and oxygen atoms in total. The van der Waals surface area contributed by atoms with Crippen LogP contribution in [-0.2, 0) is 9.53 Å². The molecule has 1 fully saturated rings. The van der Waals surface area contributed by atoms with Crippen molar-refractivity contribution in [3.63, 3.8) is 0 Å². The fourth-order valence-corrected chi connectivity index (χ4v) is 4.75. The number of hydrogen-bond donors (Lipinski definition) is 1. The molecule has 4 rings (SSSR count). The largest absolute Gasteiger partial charge is 0.464 e. The minimum Gasteiger partial charge on any atom is -0.464 e. The van der Waals surface area contributed by atoms with Gasteiger partial charge in [0.1, 0.15) is 6.04 Å². The molecule has 1 N–H and O–H groups in total. The highest BCUT2D eigenvalue weighted by Crippen LogP contribution is 2.61. The lowest BCUT2D eigenvalue weighted by atomic mass is 10.0. The first-order chi connectivity index (χ1) is 16.9. The molecule has 1 aliphatic rings. The number of rotatable bonds is 9. The van der Waals surface area contributed by atoms with E-state index in [1.807, 2.05) is 50.2 Å². The van der Waals surface area contributed by atoms with E-state index < -0.39 is 12.0 Å². The van der Waals surface area contributed by atoms with Crippen molar-refractivity contribution in [2.75, 3.05) is 6.61 Å². The van der Waals surface area contributed by atoms with Gasteiger partial charge in [-0.05, 0) is 36.1 Å². The Morgan fingerprint density at radius 3 is 1.71 bits per heavy atom. The van der Waals surface area contributed by atoms with Gasteiger partial charge >= 0.3 is 5.97 Å². The van der Waals surface area contributed by atoms with Crippen LogP contribution in [0.1, 0.15) is 64.4 Å². The summed E-state index contributed by atoms with van der Waals surface area (Å²) in [5.74, 6) is -0.740. The van der Waals surface area contributed by atoms with Crippen molar-refractivity contribution in [3.05, 3.63) is 107 Å². The number of benzene rings is 3. The van der Waals surface area contributed by atoms with Gasteiger partial charge in [-0.15, -0.1) is 0 Å². The maximum atomic E-state index is 13.5. The van der Waals surface area contributed by atoms with Gasteiger partial charge in [0.15, 0.2) is 5.78 Å². The Morgan fingerprint density at radius 2 is 1.26 bits per heavy atom. The standard InChI is InChI=1S/C30H31NO4/c1-4-35-30(34)27(19(2)3)31-29(33)23-17-15-22(16-18-23)28(32)26-24(20-11-7-5-8-12-20)25(26)21-13-9-6-10-14-21/h5-19,24-27H,4H2,1-3H3,(H,31,33)/t24-,25-,27+/m1/s1. The Kier molecular flexibility index (Phi) is 7.45. The number of Topliss-reactive ketones (excluding diaryl/α,β-unsaturated/α-hetero) is 1. The monoisotopic (exact) mass is 469 g/mol. The molecule has 1 aliphatic carbocycles. The minimum absolute atomic E-state index is 0.0752. The van der Waals surface area contributed by atoms with Crippen molar-refractivity contribution < 1.29 is 19.1 Å². The summed E-state index contributed by atoms with van der Waals surface area (Å²) in [5.41, 5.74) is 3.30. The number of nitrogens with one attached hydrogen (secondary N) is 1. The van der Waals surface area contributed by atoms with Gasteiger partial charge in [0, 0.05) is 28.9 Å². The zero-order valence-corrected chi connectivity index (χ0v) is 20.3. The van der Waals surface area contributed by atoms with E-state index in [-0.39, 0.29) is 42.0 Å². The van der Waals surface area contributed by atoms with Crippen LogP contribution >= 0.6 is 0 Å². The number of hydrogen-bond acceptors (Lipinski definition) is 4. The van der Waals surface area contributed by atoms with Crippen molar-refractivity contribution in [1.82, 2.24) is 5.32 Å². The summed E-state index contributed by atoms with van der Waals surface area (Å²) in [6, 6.07) is 26.3. The molecule has 0 aromatic heterocycles. The van der Waals surface area contributed by atoms with E-state index in [4.69, 9.17) is 4.74 Å². The smallest absolute Gasteiger partial charge is 0.328 e. The van der Waals surface area contributed by atoms with Crippen LogP contribution in [0.4, 0.5) is 0 Å². The summed E-state index contributed by atoms with van der Waals surface area (Å²) in [5, 5.41) is 2.76. The SMILES string of the molecule is CCOC(=O)[C@@H](NC(=O)c1ccc(C(=O)C2[C@H](c3ccccc3)[C@H]2c2ccccc2)cc1)C(C)C. The Bertz CT molecular complexity index is 1130. The van der Waals surface area contributed by atoms with Crippen molar-refractivity contribution >= 4 is 17.7 Å². The van der Waals surface area contributed by atoms with Gasteiger partial charge in [-0.2, -0.15) is 0 Å². The molecule has 3 atom stereocenters. The number of esters is 1. The molecule has 1 saturated carbocycles. The summed E-state index contributed by atoms with van der Waals surface area (Å²) in [6.07, 6.45) is 0. The van der Waals surface area contributed by atoms with Gasteiger partial charge in [0.2, 0.25) is 0 Å². The normalized spacial score (nSPS) is 19.6. The van der Waals surface area contributed by atoms with E-state index in [2.05, 4.69) is 29.6 Å². The highest BCUT2D eigenvalue weighted by Gasteiger charge is 2.55. The van der Waals surface area contributed by atoms with E-state index >= 15 is 0 Å². The number of carbonyl (C=O) groups is 3. The molecular formula is C30H31NO4. The lowest BCUT2D eigenvalue weighted by Crippen LogP contribution is -2.45. The van der Waals surface area contributed by atoms with Crippen molar-refractivity contribution in [3.8, 4) is 0 Å². The topological polar surface area (TPSA) is 72.5 Å². The first-order valence-corrected chi connectivity index (χ1v) is 12.1. The average Bonchev–Trinajstić information content (AvgIpc) is 3.63. The lowest BCUT2D eigenvalue weighted by molar-refractivity contribution is -0.146. The Hall–Kier alpha value is -3.73. The second-order valence-electron chi connectivity index (χ2n) is 9.29. The molecule has 5 heteroatoms. The molecule has 0 aliphatic heterocycles. The molecule has 0 heterocycles. The zero-order valence-electron chi connectivity index (χ0n) is 20.3. The molecule has 0 radical (unpaired) electrons. The minimum atomic E-state index is -0.728. The van der Waals surface area contributed by atoms with Crippen LogP contribution in [0.25, 0.3) is 0 Å². The highest BCUT2D eigenvalue weighted by molar-refractivity contribution is 6.03. The van der Waals surface area contributed by atoms with Crippen molar-refractivity contribution in [2.24, 2.45) is 11.8 Å². The van der Waals surface area contributed by atoms with Gasteiger partial charge < -0.3 is 10.1 Å². The molecule has 1 amide bonds.